The van der Waals surface area contributed by atoms with Crippen molar-refractivity contribution in [2.45, 2.75) is 31.7 Å². The summed E-state index contributed by atoms with van der Waals surface area (Å²) in [5, 5.41) is 12.7. The summed E-state index contributed by atoms with van der Waals surface area (Å²) in [6.45, 7) is 4.09. The molecule has 0 radical (unpaired) electrons. The van der Waals surface area contributed by atoms with Crippen molar-refractivity contribution in [3.63, 3.8) is 0 Å². The van der Waals surface area contributed by atoms with Gasteiger partial charge in [-0.25, -0.2) is 0 Å². The average Bonchev–Trinajstić information content (AvgIpc) is 2.83. The van der Waals surface area contributed by atoms with Crippen LogP contribution in [0.15, 0.2) is 47.6 Å². The van der Waals surface area contributed by atoms with Gasteiger partial charge in [-0.15, -0.1) is 10.2 Å². The predicted molar refractivity (Wildman–Crippen MR) is 102 cm³/mol. The van der Waals surface area contributed by atoms with Crippen LogP contribution in [0.25, 0.3) is 11.3 Å². The summed E-state index contributed by atoms with van der Waals surface area (Å²) in [6.07, 6.45) is 0.602. The van der Waals surface area contributed by atoms with Gasteiger partial charge < -0.3 is 10.1 Å². The molecule has 0 amide bonds. The van der Waals surface area contributed by atoms with Gasteiger partial charge >= 0.3 is 0 Å². The molecule has 2 aromatic heterocycles. The highest BCUT2D eigenvalue weighted by Crippen LogP contribution is 2.39. The molecule has 0 saturated heterocycles. The SMILES string of the molecule is CCCSc1nnc2c(n1)OC(c1cccc(C)n1)Nc1ccccc1-2. The van der Waals surface area contributed by atoms with Crippen molar-refractivity contribution < 1.29 is 4.74 Å². The van der Waals surface area contributed by atoms with Crippen LogP contribution in [0.4, 0.5) is 5.69 Å². The highest BCUT2D eigenvalue weighted by molar-refractivity contribution is 7.99. The van der Waals surface area contributed by atoms with E-state index in [1.807, 2.05) is 49.4 Å². The number of anilines is 1. The lowest BCUT2D eigenvalue weighted by atomic mass is 10.1. The zero-order valence-electron chi connectivity index (χ0n) is 14.6. The number of para-hydroxylation sites is 1. The fourth-order valence-electron chi connectivity index (χ4n) is 2.75. The Morgan fingerprint density at radius 3 is 2.81 bits per heavy atom. The Morgan fingerprint density at radius 1 is 1.08 bits per heavy atom. The van der Waals surface area contributed by atoms with Crippen LogP contribution in [0.2, 0.25) is 0 Å². The number of fused-ring (bicyclic) bond motifs is 3. The van der Waals surface area contributed by atoms with Crippen molar-refractivity contribution in [2.24, 2.45) is 0 Å². The lowest BCUT2D eigenvalue weighted by molar-refractivity contribution is 0.220. The molecule has 1 atom stereocenters. The second-order valence-electron chi connectivity index (χ2n) is 5.99. The summed E-state index contributed by atoms with van der Waals surface area (Å²) in [5.74, 6) is 1.42. The molecular formula is C19H19N5OS. The topological polar surface area (TPSA) is 72.8 Å². The van der Waals surface area contributed by atoms with Gasteiger partial charge in [0, 0.05) is 22.7 Å². The maximum atomic E-state index is 6.20. The van der Waals surface area contributed by atoms with Crippen molar-refractivity contribution in [3.8, 4) is 17.1 Å². The third kappa shape index (κ3) is 3.35. The monoisotopic (exact) mass is 365 g/mol. The van der Waals surface area contributed by atoms with Gasteiger partial charge in [0.25, 0.3) is 0 Å². The van der Waals surface area contributed by atoms with E-state index in [0.29, 0.717) is 16.7 Å². The molecule has 1 aromatic carbocycles. The first-order valence-corrected chi connectivity index (χ1v) is 9.57. The molecule has 0 saturated carbocycles. The number of rotatable bonds is 4. The van der Waals surface area contributed by atoms with E-state index in [4.69, 9.17) is 4.74 Å². The maximum absolute atomic E-state index is 6.20. The highest BCUT2D eigenvalue weighted by atomic mass is 32.2. The Balaban J connectivity index is 1.79. The fraction of sp³-hybridized carbons (Fsp3) is 0.263. The normalized spacial score (nSPS) is 15.2. The number of aryl methyl sites for hydroxylation is 1. The second-order valence-corrected chi connectivity index (χ2v) is 7.05. The van der Waals surface area contributed by atoms with Gasteiger partial charge in [0.1, 0.15) is 5.69 Å². The Labute approximate surface area is 156 Å². The largest absolute Gasteiger partial charge is 0.446 e. The Morgan fingerprint density at radius 2 is 1.96 bits per heavy atom. The number of nitrogens with zero attached hydrogens (tertiary/aromatic N) is 4. The smallest absolute Gasteiger partial charge is 0.247 e. The predicted octanol–water partition coefficient (Wildman–Crippen LogP) is 4.25. The van der Waals surface area contributed by atoms with Crippen LogP contribution in [0.5, 0.6) is 5.88 Å². The number of hydrogen-bond donors (Lipinski definition) is 1. The molecule has 0 aliphatic carbocycles. The van der Waals surface area contributed by atoms with Gasteiger partial charge in [0.2, 0.25) is 17.3 Å². The molecule has 7 heteroatoms. The first-order chi connectivity index (χ1) is 12.7. The summed E-state index contributed by atoms with van der Waals surface area (Å²) >= 11 is 1.58. The minimum absolute atomic E-state index is 0.446. The van der Waals surface area contributed by atoms with E-state index in [1.165, 1.54) is 0 Å². The Kier molecular flexibility index (Phi) is 4.71. The molecule has 1 unspecified atom stereocenters. The van der Waals surface area contributed by atoms with E-state index >= 15 is 0 Å². The highest BCUT2D eigenvalue weighted by Gasteiger charge is 2.26. The third-order valence-electron chi connectivity index (χ3n) is 3.95. The summed E-state index contributed by atoms with van der Waals surface area (Å²) in [7, 11) is 0. The summed E-state index contributed by atoms with van der Waals surface area (Å²) in [6, 6.07) is 13.8. The molecule has 6 nitrogen and oxygen atoms in total. The number of nitrogens with one attached hydrogen (secondary N) is 1. The summed E-state index contributed by atoms with van der Waals surface area (Å²) in [4.78, 5) is 9.21. The van der Waals surface area contributed by atoms with Crippen molar-refractivity contribution in [1.82, 2.24) is 20.2 Å². The molecule has 4 rings (SSSR count). The molecular weight excluding hydrogens is 346 g/mol. The number of aromatic nitrogens is 4. The third-order valence-corrected chi connectivity index (χ3v) is 4.99. The zero-order valence-corrected chi connectivity index (χ0v) is 15.5. The van der Waals surface area contributed by atoms with Crippen LogP contribution in [0, 0.1) is 6.92 Å². The van der Waals surface area contributed by atoms with Crippen LogP contribution >= 0.6 is 11.8 Å². The molecule has 3 heterocycles. The lowest BCUT2D eigenvalue weighted by Gasteiger charge is -2.18. The van der Waals surface area contributed by atoms with Crippen molar-refractivity contribution in [1.29, 1.82) is 0 Å². The quantitative estimate of drug-likeness (QED) is 0.693. The number of hydrogen-bond acceptors (Lipinski definition) is 7. The number of thioether (sulfide) groups is 1. The van der Waals surface area contributed by atoms with Gasteiger partial charge in [-0.1, -0.05) is 43.0 Å². The first kappa shape index (κ1) is 16.8. The van der Waals surface area contributed by atoms with Crippen molar-refractivity contribution in [3.05, 3.63) is 53.9 Å². The van der Waals surface area contributed by atoms with Crippen molar-refractivity contribution >= 4 is 17.4 Å². The molecule has 3 aromatic rings. The van der Waals surface area contributed by atoms with Crippen LogP contribution in [-0.2, 0) is 0 Å². The number of ether oxygens (including phenoxy) is 1. The summed E-state index contributed by atoms with van der Waals surface area (Å²) in [5.41, 5.74) is 4.22. The van der Waals surface area contributed by atoms with E-state index in [0.717, 1.165) is 34.8 Å². The average molecular weight is 365 g/mol. The molecule has 132 valence electrons. The second kappa shape index (κ2) is 7.29. The van der Waals surface area contributed by atoms with Crippen LogP contribution in [-0.4, -0.2) is 25.9 Å². The van der Waals surface area contributed by atoms with Gasteiger partial charge in [-0.2, -0.15) is 4.98 Å². The first-order valence-electron chi connectivity index (χ1n) is 8.58. The standard InChI is InChI=1S/C19H19N5OS/c1-3-11-26-19-22-18-16(23-24-19)13-8-4-5-9-14(13)21-17(25-18)15-10-6-7-12(2)20-15/h4-10,17,21H,3,11H2,1-2H3. The Hall–Kier alpha value is -2.67. The molecule has 0 spiro atoms. The minimum Gasteiger partial charge on any atom is -0.446 e. The van der Waals surface area contributed by atoms with E-state index < -0.39 is 6.23 Å². The van der Waals surface area contributed by atoms with Gasteiger partial charge in [0.05, 0.1) is 0 Å². The van der Waals surface area contributed by atoms with E-state index in [-0.39, 0.29) is 0 Å². The van der Waals surface area contributed by atoms with Crippen LogP contribution in [0.3, 0.4) is 0 Å². The van der Waals surface area contributed by atoms with Gasteiger partial charge in [-0.3, -0.25) is 4.98 Å². The molecule has 26 heavy (non-hydrogen) atoms. The molecule has 1 N–H and O–H groups in total. The molecule has 1 aliphatic rings. The van der Waals surface area contributed by atoms with Crippen LogP contribution in [0.1, 0.15) is 31.0 Å². The van der Waals surface area contributed by atoms with E-state index in [9.17, 15) is 0 Å². The maximum Gasteiger partial charge on any atom is 0.247 e. The fourth-order valence-corrected chi connectivity index (χ4v) is 3.38. The summed E-state index contributed by atoms with van der Waals surface area (Å²) < 4.78 is 6.20. The Bertz CT molecular complexity index is 933. The van der Waals surface area contributed by atoms with E-state index in [1.54, 1.807) is 11.8 Å². The zero-order chi connectivity index (χ0) is 17.9. The van der Waals surface area contributed by atoms with E-state index in [2.05, 4.69) is 32.4 Å². The molecule has 1 aliphatic heterocycles. The van der Waals surface area contributed by atoms with Gasteiger partial charge in [-0.05, 0) is 31.5 Å². The van der Waals surface area contributed by atoms with Crippen LogP contribution < -0.4 is 10.1 Å². The van der Waals surface area contributed by atoms with Crippen molar-refractivity contribution in [2.75, 3.05) is 11.1 Å². The minimum atomic E-state index is -0.446. The van der Waals surface area contributed by atoms with Gasteiger partial charge in [0.15, 0.2) is 5.69 Å². The molecule has 0 bridgehead atoms. The number of benzene rings is 1. The lowest BCUT2D eigenvalue weighted by Crippen LogP contribution is -2.18. The number of pyridine rings is 1. The molecule has 0 fully saturated rings.